The van der Waals surface area contributed by atoms with Gasteiger partial charge in [0.25, 0.3) is 5.95 Å². The van der Waals surface area contributed by atoms with E-state index < -0.39 is 11.9 Å². The Morgan fingerprint density at radius 2 is 1.27 bits per heavy atom. The molecular formula is C30H10F2N8. The second-order valence-electron chi connectivity index (χ2n) is 8.84. The first-order valence-corrected chi connectivity index (χ1v) is 11.8. The maximum Gasteiger partial charge on any atom is 0.264 e. The predicted octanol–water partition coefficient (Wildman–Crippen LogP) is 4.96. The first-order chi connectivity index (χ1) is 19.6. The second kappa shape index (κ2) is 8.70. The highest BCUT2D eigenvalue weighted by Crippen LogP contribution is 2.31. The maximum absolute atomic E-state index is 13.4. The number of fused-ring (bicyclic) bond motifs is 6. The van der Waals surface area contributed by atoms with E-state index in [0.29, 0.717) is 71.0 Å². The van der Waals surface area contributed by atoms with Crippen molar-refractivity contribution >= 4 is 55.4 Å². The molecule has 1 aliphatic rings. The molecule has 7 rings (SSSR count). The monoisotopic (exact) mass is 520 g/mol. The van der Waals surface area contributed by atoms with Gasteiger partial charge in [-0.25, -0.2) is 19.9 Å². The molecule has 1 aliphatic heterocycles. The molecule has 0 bridgehead atoms. The van der Waals surface area contributed by atoms with Crippen molar-refractivity contribution in [2.45, 2.75) is 0 Å². The molecule has 0 amide bonds. The van der Waals surface area contributed by atoms with Gasteiger partial charge in [0.1, 0.15) is 21.7 Å². The number of aliphatic imine (C=N–C) groups is 1. The zero-order valence-electron chi connectivity index (χ0n) is 20.1. The third-order valence-corrected chi connectivity index (χ3v) is 6.71. The number of aromatic nitrogens is 3. The van der Waals surface area contributed by atoms with Gasteiger partial charge in [0.15, 0.2) is 0 Å². The summed E-state index contributed by atoms with van der Waals surface area (Å²) in [5.74, 6) is -1.34. The lowest BCUT2D eigenvalue weighted by atomic mass is 10.0. The van der Waals surface area contributed by atoms with Gasteiger partial charge in [-0.3, -0.25) is 0 Å². The van der Waals surface area contributed by atoms with Crippen molar-refractivity contribution in [2.24, 2.45) is 15.0 Å². The minimum Gasteiger partial charge on any atom is -0.241 e. The lowest BCUT2D eigenvalue weighted by Gasteiger charge is -2.01. The normalized spacial score (nSPS) is 13.8. The van der Waals surface area contributed by atoms with Crippen molar-refractivity contribution in [1.82, 2.24) is 15.0 Å². The molecule has 40 heavy (non-hydrogen) atoms. The van der Waals surface area contributed by atoms with Gasteiger partial charge in [-0.2, -0.15) is 29.3 Å². The highest BCUT2D eigenvalue weighted by molar-refractivity contribution is 6.17. The molecule has 0 atom stereocenters. The Hall–Kier alpha value is -6.18. The van der Waals surface area contributed by atoms with E-state index in [1.807, 2.05) is 36.7 Å². The molecule has 0 N–H and O–H groups in total. The Morgan fingerprint density at radius 3 is 1.82 bits per heavy atom. The van der Waals surface area contributed by atoms with Gasteiger partial charge in [-0.05, 0) is 41.1 Å². The van der Waals surface area contributed by atoms with Crippen molar-refractivity contribution in [1.29, 1.82) is 10.5 Å². The van der Waals surface area contributed by atoms with Crippen LogP contribution in [0, 0.1) is 28.9 Å². The summed E-state index contributed by atoms with van der Waals surface area (Å²) < 4.78 is 26.6. The number of hydrogen-bond acceptors (Lipinski definition) is 8. The number of allylic oxidation sites excluding steroid dienone is 1. The topological polar surface area (TPSA) is 123 Å². The summed E-state index contributed by atoms with van der Waals surface area (Å²) in [6.45, 7) is 0. The summed E-state index contributed by atoms with van der Waals surface area (Å²) in [5, 5.41) is 22.3. The van der Waals surface area contributed by atoms with E-state index in [9.17, 15) is 19.3 Å². The second-order valence-corrected chi connectivity index (χ2v) is 8.84. The molecule has 6 aromatic rings. The fourth-order valence-electron chi connectivity index (χ4n) is 4.96. The van der Waals surface area contributed by atoms with Crippen LogP contribution < -0.4 is 10.7 Å². The van der Waals surface area contributed by atoms with Gasteiger partial charge >= 0.3 is 0 Å². The molecule has 0 unspecified atom stereocenters. The fraction of sp³-hybridized carbons (Fsp3) is 0. The molecule has 184 valence electrons. The third-order valence-electron chi connectivity index (χ3n) is 6.71. The average molecular weight is 520 g/mol. The smallest absolute Gasteiger partial charge is 0.241 e. The van der Waals surface area contributed by atoms with E-state index in [4.69, 9.17) is 9.97 Å². The molecule has 0 radical (unpaired) electrons. The molecule has 0 spiro atoms. The van der Waals surface area contributed by atoms with E-state index in [-0.39, 0.29) is 0 Å². The molecule has 0 saturated heterocycles. The Labute approximate surface area is 222 Å². The Balaban J connectivity index is 1.55. The maximum atomic E-state index is 13.4. The van der Waals surface area contributed by atoms with E-state index in [2.05, 4.69) is 31.4 Å². The minimum absolute atomic E-state index is 0.338. The molecule has 0 aliphatic carbocycles. The zero-order chi connectivity index (χ0) is 27.4. The Kier molecular flexibility index (Phi) is 4.99. The highest BCUT2D eigenvalue weighted by atomic mass is 19.1. The number of halogens is 2. The standard InChI is InChI=1S/C30H10F2N8/c31-23-7-3-17(11-35-23)15-1-5-19-21(9-15)25(37-13-33)29-27(19)39-30-26(38-14-34)22-10-16(2-6-20(22)28(30)40-29)18-4-8-24(32)36-12-18/h1-3,5-7,9-12H. The summed E-state index contributed by atoms with van der Waals surface area (Å²) in [7, 11) is 0. The lowest BCUT2D eigenvalue weighted by Crippen LogP contribution is -2.03. The van der Waals surface area contributed by atoms with Crippen molar-refractivity contribution in [2.75, 3.05) is 0 Å². The van der Waals surface area contributed by atoms with Crippen LogP contribution in [0.3, 0.4) is 0 Å². The number of pyridine rings is 1. The van der Waals surface area contributed by atoms with Gasteiger partial charge in [-0.1, -0.05) is 30.0 Å². The molecular weight excluding hydrogens is 510 g/mol. The van der Waals surface area contributed by atoms with Crippen LogP contribution >= 0.6 is 0 Å². The van der Waals surface area contributed by atoms with Gasteiger partial charge in [0.05, 0.1) is 16.6 Å². The first kappa shape index (κ1) is 23.0. The third kappa shape index (κ3) is 3.43. The molecule has 10 heteroatoms. The van der Waals surface area contributed by atoms with Crippen molar-refractivity contribution in [3.8, 4) is 23.5 Å². The van der Waals surface area contributed by atoms with Crippen LogP contribution in [-0.2, 0) is 0 Å². The van der Waals surface area contributed by atoms with Gasteiger partial charge in [-0.15, -0.1) is 0 Å². The average Bonchev–Trinajstić information content (AvgIpc) is 3.44. The summed E-state index contributed by atoms with van der Waals surface area (Å²) in [5.41, 5.74) is 9.51. The van der Waals surface area contributed by atoms with Gasteiger partial charge < -0.3 is 0 Å². The van der Waals surface area contributed by atoms with E-state index in [0.717, 1.165) is 5.56 Å². The number of benzene rings is 2. The molecule has 4 aromatic carbocycles. The SMILES string of the molecule is N#CN=c1c2cc(C3=C=C=C(F)N=C3)ccc2c2nc3c(=NC#N)c4cc(-c5ccc(F)nc5)ccc4c3nc12. The van der Waals surface area contributed by atoms with Crippen molar-refractivity contribution < 1.29 is 8.78 Å². The predicted molar refractivity (Wildman–Crippen MR) is 144 cm³/mol. The molecule has 8 nitrogen and oxygen atoms in total. The number of hydrogen-bond donors (Lipinski definition) is 0. The largest absolute Gasteiger partial charge is 0.264 e. The summed E-state index contributed by atoms with van der Waals surface area (Å²) in [6, 6.07) is 13.8. The van der Waals surface area contributed by atoms with Crippen LogP contribution in [0.5, 0.6) is 0 Å². The van der Waals surface area contributed by atoms with Crippen LogP contribution in [0.4, 0.5) is 8.78 Å². The van der Waals surface area contributed by atoms with E-state index in [1.54, 1.807) is 18.2 Å². The quantitative estimate of drug-likeness (QED) is 0.138. The van der Waals surface area contributed by atoms with Crippen LogP contribution in [0.15, 0.2) is 87.1 Å². The van der Waals surface area contributed by atoms with Crippen molar-refractivity contribution in [3.05, 3.63) is 94.4 Å². The minimum atomic E-state index is -0.761. The van der Waals surface area contributed by atoms with Crippen LogP contribution in [0.25, 0.3) is 60.3 Å². The summed E-state index contributed by atoms with van der Waals surface area (Å²) in [6.07, 6.45) is 6.48. The molecule has 0 saturated carbocycles. The highest BCUT2D eigenvalue weighted by Gasteiger charge is 2.19. The summed E-state index contributed by atoms with van der Waals surface area (Å²) >= 11 is 0. The van der Waals surface area contributed by atoms with Crippen molar-refractivity contribution in [3.63, 3.8) is 0 Å². The number of nitrogens with zero attached hydrogens (tertiary/aromatic N) is 8. The van der Waals surface area contributed by atoms with Gasteiger partial charge in [0, 0.05) is 39.5 Å². The molecule has 3 heterocycles. The fourth-order valence-corrected chi connectivity index (χ4v) is 4.96. The Bertz CT molecular complexity index is 2440. The van der Waals surface area contributed by atoms with E-state index in [1.165, 1.54) is 18.5 Å². The van der Waals surface area contributed by atoms with Crippen LogP contribution in [0.1, 0.15) is 5.56 Å². The van der Waals surface area contributed by atoms with Crippen LogP contribution in [-0.4, -0.2) is 21.2 Å². The van der Waals surface area contributed by atoms with Gasteiger partial charge in [0.2, 0.25) is 18.3 Å². The van der Waals surface area contributed by atoms with Crippen LogP contribution in [0.2, 0.25) is 0 Å². The Morgan fingerprint density at radius 1 is 0.675 bits per heavy atom. The summed E-state index contributed by atoms with van der Waals surface area (Å²) in [4.78, 5) is 25.3. The first-order valence-electron chi connectivity index (χ1n) is 11.8. The van der Waals surface area contributed by atoms with E-state index >= 15 is 0 Å². The number of rotatable bonds is 2. The molecule has 0 fully saturated rings. The number of nitriles is 2. The zero-order valence-corrected chi connectivity index (χ0v) is 20.1. The lowest BCUT2D eigenvalue weighted by molar-refractivity contribution is 0.584. The molecule has 2 aromatic heterocycles.